The molecule has 0 saturated carbocycles. The van der Waals surface area contributed by atoms with Gasteiger partial charge in [-0.15, -0.1) is 10.2 Å². The third-order valence-corrected chi connectivity index (χ3v) is 5.36. The number of unbranched alkanes of at least 4 members (excludes halogenated alkanes) is 3. The first-order valence-electron chi connectivity index (χ1n) is 11.5. The summed E-state index contributed by atoms with van der Waals surface area (Å²) in [4.78, 5) is 0. The molecule has 0 bridgehead atoms. The molecule has 1 heterocycles. The third kappa shape index (κ3) is 8.37. The molecule has 0 fully saturated rings. The molecule has 182 valence electrons. The molecule has 0 aliphatic rings. The summed E-state index contributed by atoms with van der Waals surface area (Å²) in [6, 6.07) is 11.5. The van der Waals surface area contributed by atoms with Crippen LogP contribution in [0.25, 0.3) is 0 Å². The van der Waals surface area contributed by atoms with Gasteiger partial charge in [0.15, 0.2) is 11.5 Å². The second-order valence-corrected chi connectivity index (χ2v) is 8.28. The van der Waals surface area contributed by atoms with Gasteiger partial charge >= 0.3 is 0 Å². The first-order valence-corrected chi connectivity index (χ1v) is 12.3. The number of nitrogens with zero attached hydrogens (tertiary/aromatic N) is 4. The van der Waals surface area contributed by atoms with Crippen molar-refractivity contribution in [1.29, 1.82) is 0 Å². The second kappa shape index (κ2) is 14.2. The molecule has 3 rings (SSSR count). The summed E-state index contributed by atoms with van der Waals surface area (Å²) < 4.78 is 25.6. The zero-order chi connectivity index (χ0) is 24.0. The van der Waals surface area contributed by atoms with Gasteiger partial charge in [0.25, 0.3) is 0 Å². The SMILES string of the molecule is CCCCCCOc1ccc(OCCOc2c(Br)cc(C=Nn3cnnc3)cc2OCC)cc1. The third-order valence-electron chi connectivity index (χ3n) is 4.77. The smallest absolute Gasteiger partial charge is 0.175 e. The van der Waals surface area contributed by atoms with Crippen LogP contribution < -0.4 is 18.9 Å². The fraction of sp³-hybridized carbons (Fsp3) is 0.400. The molecule has 0 spiro atoms. The Kier molecular flexibility index (Phi) is 10.7. The molecule has 8 nitrogen and oxygen atoms in total. The van der Waals surface area contributed by atoms with Crippen molar-refractivity contribution in [3.05, 3.63) is 59.1 Å². The van der Waals surface area contributed by atoms with E-state index in [4.69, 9.17) is 18.9 Å². The van der Waals surface area contributed by atoms with Gasteiger partial charge in [0, 0.05) is 0 Å². The lowest BCUT2D eigenvalue weighted by Crippen LogP contribution is -2.10. The van der Waals surface area contributed by atoms with E-state index in [1.807, 2.05) is 43.3 Å². The predicted molar refractivity (Wildman–Crippen MR) is 135 cm³/mol. The molecule has 0 atom stereocenters. The van der Waals surface area contributed by atoms with Crippen molar-refractivity contribution >= 4 is 22.1 Å². The Hall–Kier alpha value is -3.07. The van der Waals surface area contributed by atoms with Gasteiger partial charge in [0.1, 0.15) is 37.4 Å². The number of rotatable bonds is 15. The van der Waals surface area contributed by atoms with Crippen LogP contribution in [0.2, 0.25) is 0 Å². The highest BCUT2D eigenvalue weighted by molar-refractivity contribution is 9.10. The topological polar surface area (TPSA) is 80.0 Å². The Balaban J connectivity index is 1.49. The van der Waals surface area contributed by atoms with E-state index in [2.05, 4.69) is 38.2 Å². The highest BCUT2D eigenvalue weighted by atomic mass is 79.9. The highest BCUT2D eigenvalue weighted by Crippen LogP contribution is 2.36. The summed E-state index contributed by atoms with van der Waals surface area (Å²) in [6.07, 6.45) is 9.50. The fourth-order valence-corrected chi connectivity index (χ4v) is 3.68. The van der Waals surface area contributed by atoms with Crippen LogP contribution in [0.4, 0.5) is 0 Å². The normalized spacial score (nSPS) is 11.0. The van der Waals surface area contributed by atoms with E-state index in [0.717, 1.165) is 34.6 Å². The maximum atomic E-state index is 5.97. The molecule has 0 radical (unpaired) electrons. The summed E-state index contributed by atoms with van der Waals surface area (Å²) in [5.74, 6) is 2.88. The lowest BCUT2D eigenvalue weighted by atomic mass is 10.2. The van der Waals surface area contributed by atoms with E-state index in [1.54, 1.807) is 6.21 Å². The lowest BCUT2D eigenvalue weighted by molar-refractivity contribution is 0.207. The van der Waals surface area contributed by atoms with Crippen LogP contribution >= 0.6 is 15.9 Å². The minimum absolute atomic E-state index is 0.364. The van der Waals surface area contributed by atoms with Crippen LogP contribution in [0.1, 0.15) is 45.1 Å². The predicted octanol–water partition coefficient (Wildman–Crippen LogP) is 5.74. The van der Waals surface area contributed by atoms with Gasteiger partial charge in [-0.05, 0) is 71.2 Å². The van der Waals surface area contributed by atoms with Gasteiger partial charge in [-0.1, -0.05) is 26.2 Å². The van der Waals surface area contributed by atoms with Crippen molar-refractivity contribution in [3.63, 3.8) is 0 Å². The zero-order valence-electron chi connectivity index (χ0n) is 19.7. The van der Waals surface area contributed by atoms with E-state index in [0.29, 0.717) is 31.3 Å². The van der Waals surface area contributed by atoms with Crippen molar-refractivity contribution in [2.45, 2.75) is 39.5 Å². The van der Waals surface area contributed by atoms with Gasteiger partial charge < -0.3 is 18.9 Å². The first kappa shape index (κ1) is 25.6. The number of aromatic nitrogens is 3. The molecule has 0 amide bonds. The number of hydrogen-bond donors (Lipinski definition) is 0. The van der Waals surface area contributed by atoms with E-state index in [1.165, 1.54) is 36.6 Å². The van der Waals surface area contributed by atoms with E-state index < -0.39 is 0 Å². The van der Waals surface area contributed by atoms with Crippen LogP contribution in [0.3, 0.4) is 0 Å². The molecular formula is C25H31BrN4O4. The number of benzene rings is 2. The molecular weight excluding hydrogens is 500 g/mol. The minimum Gasteiger partial charge on any atom is -0.494 e. The number of ether oxygens (including phenoxy) is 4. The maximum Gasteiger partial charge on any atom is 0.175 e. The minimum atomic E-state index is 0.364. The van der Waals surface area contributed by atoms with Crippen molar-refractivity contribution in [3.8, 4) is 23.0 Å². The Bertz CT molecular complexity index is 1010. The Morgan fingerprint density at radius 1 is 0.853 bits per heavy atom. The second-order valence-electron chi connectivity index (χ2n) is 7.43. The van der Waals surface area contributed by atoms with Gasteiger partial charge in [0.2, 0.25) is 0 Å². The number of hydrogen-bond acceptors (Lipinski definition) is 7. The lowest BCUT2D eigenvalue weighted by Gasteiger charge is -2.15. The van der Waals surface area contributed by atoms with Crippen molar-refractivity contribution in [2.75, 3.05) is 26.4 Å². The average molecular weight is 531 g/mol. The molecule has 3 aromatic rings. The van der Waals surface area contributed by atoms with Crippen LogP contribution in [0.15, 0.2) is 58.6 Å². The largest absolute Gasteiger partial charge is 0.494 e. The Labute approximate surface area is 209 Å². The molecule has 0 saturated heterocycles. The van der Waals surface area contributed by atoms with E-state index >= 15 is 0 Å². The number of halogens is 1. The molecule has 0 aliphatic carbocycles. The average Bonchev–Trinajstić information content (AvgIpc) is 3.36. The molecule has 0 N–H and O–H groups in total. The molecule has 0 unspecified atom stereocenters. The summed E-state index contributed by atoms with van der Waals surface area (Å²) in [5, 5.41) is 11.7. The molecule has 34 heavy (non-hydrogen) atoms. The Morgan fingerprint density at radius 3 is 2.21 bits per heavy atom. The highest BCUT2D eigenvalue weighted by Gasteiger charge is 2.12. The summed E-state index contributed by atoms with van der Waals surface area (Å²) in [5.41, 5.74) is 0.847. The van der Waals surface area contributed by atoms with Crippen LogP contribution in [0, 0.1) is 0 Å². The van der Waals surface area contributed by atoms with Crippen molar-refractivity contribution in [1.82, 2.24) is 14.9 Å². The van der Waals surface area contributed by atoms with E-state index in [9.17, 15) is 0 Å². The standard InChI is InChI=1S/C25H31BrN4O4/c1-3-5-6-7-12-32-21-8-10-22(11-9-21)33-13-14-34-25-23(26)15-20(16-24(25)31-4-2)17-29-30-18-27-28-19-30/h8-11,15-19H,3-7,12-14H2,1-2H3. The Morgan fingerprint density at radius 2 is 1.53 bits per heavy atom. The maximum absolute atomic E-state index is 5.97. The van der Waals surface area contributed by atoms with Crippen molar-refractivity contribution in [2.24, 2.45) is 5.10 Å². The quantitative estimate of drug-likeness (QED) is 0.184. The van der Waals surface area contributed by atoms with Gasteiger partial charge in [0.05, 0.1) is 23.9 Å². The summed E-state index contributed by atoms with van der Waals surface area (Å²) in [6.45, 7) is 6.15. The zero-order valence-corrected chi connectivity index (χ0v) is 21.2. The molecule has 9 heteroatoms. The summed E-state index contributed by atoms with van der Waals surface area (Å²) in [7, 11) is 0. The van der Waals surface area contributed by atoms with Gasteiger partial charge in [-0.3, -0.25) is 0 Å². The molecule has 2 aromatic carbocycles. The monoisotopic (exact) mass is 530 g/mol. The van der Waals surface area contributed by atoms with Gasteiger partial charge in [-0.25, -0.2) is 4.68 Å². The van der Waals surface area contributed by atoms with Crippen LogP contribution in [-0.4, -0.2) is 47.5 Å². The molecule has 1 aromatic heterocycles. The van der Waals surface area contributed by atoms with Gasteiger partial charge in [-0.2, -0.15) is 5.10 Å². The van der Waals surface area contributed by atoms with E-state index in [-0.39, 0.29) is 0 Å². The molecule has 0 aliphatic heterocycles. The van der Waals surface area contributed by atoms with Crippen molar-refractivity contribution < 1.29 is 18.9 Å². The first-order chi connectivity index (χ1) is 16.7. The van der Waals surface area contributed by atoms with Crippen LogP contribution in [0.5, 0.6) is 23.0 Å². The fourth-order valence-electron chi connectivity index (χ4n) is 3.11. The summed E-state index contributed by atoms with van der Waals surface area (Å²) >= 11 is 3.57. The van der Waals surface area contributed by atoms with Crippen LogP contribution in [-0.2, 0) is 0 Å².